The van der Waals surface area contributed by atoms with E-state index in [4.69, 9.17) is 5.73 Å². The lowest BCUT2D eigenvalue weighted by molar-refractivity contribution is -0.133. The summed E-state index contributed by atoms with van der Waals surface area (Å²) in [5, 5.41) is 0. The van der Waals surface area contributed by atoms with Crippen molar-refractivity contribution in [3.8, 4) is 0 Å². The van der Waals surface area contributed by atoms with E-state index in [9.17, 15) is 4.79 Å². The quantitative estimate of drug-likeness (QED) is 0.942. The first-order chi connectivity index (χ1) is 10.7. The van der Waals surface area contributed by atoms with Crippen LogP contribution in [0, 0.1) is 0 Å². The lowest BCUT2D eigenvalue weighted by Gasteiger charge is -2.30. The van der Waals surface area contributed by atoms with Crippen molar-refractivity contribution in [1.29, 1.82) is 0 Å². The minimum atomic E-state index is -0.412. The molecule has 0 spiro atoms. The summed E-state index contributed by atoms with van der Waals surface area (Å²) in [4.78, 5) is 14.4. The summed E-state index contributed by atoms with van der Waals surface area (Å²) < 4.78 is 0. The molecule has 1 aliphatic heterocycles. The summed E-state index contributed by atoms with van der Waals surface area (Å²) in [6.07, 6.45) is 2.46. The number of nitrogens with zero attached hydrogens (tertiary/aromatic N) is 1. The van der Waals surface area contributed by atoms with E-state index in [0.717, 1.165) is 19.4 Å². The topological polar surface area (TPSA) is 46.3 Å². The molecule has 0 aromatic heterocycles. The van der Waals surface area contributed by atoms with Crippen molar-refractivity contribution in [2.75, 3.05) is 6.54 Å². The SMILES string of the molecule is N[C@H](CCc1ccccc1)C(=O)N1CCc2ccccc2C1. The standard InChI is InChI=1S/C19H22N2O/c20-18(11-10-15-6-2-1-3-7-15)19(22)21-13-12-16-8-4-5-9-17(16)14-21/h1-9,18H,10-14,20H2/t18-/m1/s1. The van der Waals surface area contributed by atoms with Gasteiger partial charge in [-0.25, -0.2) is 0 Å². The number of rotatable bonds is 4. The third kappa shape index (κ3) is 3.37. The molecule has 0 fully saturated rings. The van der Waals surface area contributed by atoms with Gasteiger partial charge in [0.1, 0.15) is 0 Å². The van der Waals surface area contributed by atoms with Crippen LogP contribution in [-0.2, 0) is 24.2 Å². The van der Waals surface area contributed by atoms with Crippen molar-refractivity contribution < 1.29 is 4.79 Å². The number of fused-ring (bicyclic) bond motifs is 1. The van der Waals surface area contributed by atoms with Crippen LogP contribution in [0.1, 0.15) is 23.1 Å². The second-order valence-electron chi connectivity index (χ2n) is 5.91. The van der Waals surface area contributed by atoms with Crippen LogP contribution >= 0.6 is 0 Å². The zero-order valence-electron chi connectivity index (χ0n) is 12.7. The third-order valence-electron chi connectivity index (χ3n) is 4.35. The molecule has 3 rings (SSSR count). The highest BCUT2D eigenvalue weighted by Gasteiger charge is 2.24. The fourth-order valence-electron chi connectivity index (χ4n) is 3.01. The van der Waals surface area contributed by atoms with Crippen LogP contribution in [0.25, 0.3) is 0 Å². The molecule has 1 atom stereocenters. The minimum absolute atomic E-state index is 0.0745. The molecule has 22 heavy (non-hydrogen) atoms. The average Bonchev–Trinajstić information content (AvgIpc) is 2.59. The van der Waals surface area contributed by atoms with Crippen LogP contribution < -0.4 is 5.73 Å². The van der Waals surface area contributed by atoms with Crippen LogP contribution in [0.3, 0.4) is 0 Å². The minimum Gasteiger partial charge on any atom is -0.337 e. The Hall–Kier alpha value is -2.13. The van der Waals surface area contributed by atoms with E-state index in [-0.39, 0.29) is 5.91 Å². The summed E-state index contributed by atoms with van der Waals surface area (Å²) in [6, 6.07) is 18.1. The molecular formula is C19H22N2O. The maximum Gasteiger partial charge on any atom is 0.239 e. The van der Waals surface area contributed by atoms with Gasteiger partial charge in [-0.05, 0) is 36.0 Å². The van der Waals surface area contributed by atoms with Crippen LogP contribution in [0.5, 0.6) is 0 Å². The predicted octanol–water partition coefficient (Wildman–Crippen LogP) is 2.53. The fourth-order valence-corrected chi connectivity index (χ4v) is 3.01. The zero-order chi connectivity index (χ0) is 15.4. The monoisotopic (exact) mass is 294 g/mol. The van der Waals surface area contributed by atoms with E-state index in [0.29, 0.717) is 13.0 Å². The maximum atomic E-state index is 12.5. The molecule has 0 saturated carbocycles. The number of nitrogens with two attached hydrogens (primary N) is 1. The Morgan fingerprint density at radius 1 is 1.05 bits per heavy atom. The lowest BCUT2D eigenvalue weighted by Crippen LogP contribution is -2.46. The normalized spacial score (nSPS) is 15.2. The summed E-state index contributed by atoms with van der Waals surface area (Å²) in [5.74, 6) is 0.0745. The van der Waals surface area contributed by atoms with Gasteiger partial charge in [0, 0.05) is 13.1 Å². The van der Waals surface area contributed by atoms with Crippen LogP contribution in [0.15, 0.2) is 54.6 Å². The maximum absolute atomic E-state index is 12.5. The average molecular weight is 294 g/mol. The molecule has 1 amide bonds. The predicted molar refractivity (Wildman–Crippen MR) is 88.3 cm³/mol. The Balaban J connectivity index is 1.57. The van der Waals surface area contributed by atoms with Gasteiger partial charge in [0.2, 0.25) is 5.91 Å². The van der Waals surface area contributed by atoms with Crippen LogP contribution in [0.4, 0.5) is 0 Å². The van der Waals surface area contributed by atoms with Gasteiger partial charge in [-0.15, -0.1) is 0 Å². The Bertz CT molecular complexity index is 639. The summed E-state index contributed by atoms with van der Waals surface area (Å²) in [6.45, 7) is 1.46. The largest absolute Gasteiger partial charge is 0.337 e. The summed E-state index contributed by atoms with van der Waals surface area (Å²) >= 11 is 0. The first-order valence-corrected chi connectivity index (χ1v) is 7.89. The van der Waals surface area contributed by atoms with Crippen molar-refractivity contribution in [2.24, 2.45) is 5.73 Å². The zero-order valence-corrected chi connectivity index (χ0v) is 12.7. The van der Waals surface area contributed by atoms with Gasteiger partial charge >= 0.3 is 0 Å². The first-order valence-electron chi connectivity index (χ1n) is 7.89. The van der Waals surface area contributed by atoms with Crippen molar-refractivity contribution in [3.05, 3.63) is 71.3 Å². The molecule has 3 heteroatoms. The van der Waals surface area contributed by atoms with E-state index in [1.54, 1.807) is 0 Å². The van der Waals surface area contributed by atoms with Crippen molar-refractivity contribution in [2.45, 2.75) is 31.8 Å². The molecule has 1 heterocycles. The Morgan fingerprint density at radius 2 is 1.73 bits per heavy atom. The van der Waals surface area contributed by atoms with E-state index in [1.807, 2.05) is 29.2 Å². The van der Waals surface area contributed by atoms with Gasteiger partial charge in [0.15, 0.2) is 0 Å². The van der Waals surface area contributed by atoms with Gasteiger partial charge in [-0.1, -0.05) is 54.6 Å². The third-order valence-corrected chi connectivity index (χ3v) is 4.35. The molecule has 2 N–H and O–H groups in total. The van der Waals surface area contributed by atoms with Crippen molar-refractivity contribution >= 4 is 5.91 Å². The Morgan fingerprint density at radius 3 is 2.50 bits per heavy atom. The molecule has 3 nitrogen and oxygen atoms in total. The highest BCUT2D eigenvalue weighted by atomic mass is 16.2. The van der Waals surface area contributed by atoms with Crippen molar-refractivity contribution in [1.82, 2.24) is 4.90 Å². The summed E-state index contributed by atoms with van der Waals surface area (Å²) in [5.41, 5.74) is 9.95. The van der Waals surface area contributed by atoms with Gasteiger partial charge < -0.3 is 10.6 Å². The van der Waals surface area contributed by atoms with Crippen LogP contribution in [-0.4, -0.2) is 23.4 Å². The van der Waals surface area contributed by atoms with Gasteiger partial charge in [0.05, 0.1) is 6.04 Å². The molecule has 0 unspecified atom stereocenters. The van der Waals surface area contributed by atoms with Crippen molar-refractivity contribution in [3.63, 3.8) is 0 Å². The molecule has 2 aromatic carbocycles. The van der Waals surface area contributed by atoms with E-state index in [1.165, 1.54) is 16.7 Å². The number of carbonyl (C=O) groups excluding carboxylic acids is 1. The molecule has 0 saturated heterocycles. The molecule has 2 aromatic rings. The first kappa shape index (κ1) is 14.8. The number of amides is 1. The number of benzene rings is 2. The van der Waals surface area contributed by atoms with E-state index >= 15 is 0 Å². The Labute approximate surface area is 131 Å². The second kappa shape index (κ2) is 6.75. The lowest BCUT2D eigenvalue weighted by atomic mass is 9.98. The van der Waals surface area contributed by atoms with Gasteiger partial charge in [-0.3, -0.25) is 4.79 Å². The van der Waals surface area contributed by atoms with Gasteiger partial charge in [0.25, 0.3) is 0 Å². The highest BCUT2D eigenvalue weighted by Crippen LogP contribution is 2.19. The van der Waals surface area contributed by atoms with E-state index < -0.39 is 6.04 Å². The number of aryl methyl sites for hydroxylation is 1. The smallest absolute Gasteiger partial charge is 0.239 e. The Kier molecular flexibility index (Phi) is 4.54. The molecule has 1 aliphatic rings. The molecule has 0 aliphatic carbocycles. The number of hydrogen-bond donors (Lipinski definition) is 1. The molecular weight excluding hydrogens is 272 g/mol. The molecule has 114 valence electrons. The number of hydrogen-bond acceptors (Lipinski definition) is 2. The van der Waals surface area contributed by atoms with Gasteiger partial charge in [-0.2, -0.15) is 0 Å². The second-order valence-corrected chi connectivity index (χ2v) is 5.91. The van der Waals surface area contributed by atoms with E-state index in [2.05, 4.69) is 30.3 Å². The summed E-state index contributed by atoms with van der Waals surface area (Å²) in [7, 11) is 0. The highest BCUT2D eigenvalue weighted by molar-refractivity contribution is 5.81. The fraction of sp³-hybridized carbons (Fsp3) is 0.316. The molecule has 0 bridgehead atoms. The van der Waals surface area contributed by atoms with Crippen LogP contribution in [0.2, 0.25) is 0 Å². The molecule has 0 radical (unpaired) electrons. The number of carbonyl (C=O) groups is 1.